The van der Waals surface area contributed by atoms with Gasteiger partial charge < -0.3 is 5.32 Å². The van der Waals surface area contributed by atoms with Crippen molar-refractivity contribution in [2.45, 2.75) is 39.3 Å². The summed E-state index contributed by atoms with van der Waals surface area (Å²) in [6.45, 7) is 5.46. The van der Waals surface area contributed by atoms with Crippen molar-refractivity contribution < 1.29 is 0 Å². The molecule has 0 aliphatic heterocycles. The summed E-state index contributed by atoms with van der Waals surface area (Å²) in [5.74, 6) is 0. The summed E-state index contributed by atoms with van der Waals surface area (Å²) in [5, 5.41) is 11.5. The van der Waals surface area contributed by atoms with Crippen molar-refractivity contribution in [3.05, 3.63) is 11.9 Å². The molecule has 1 aromatic heterocycles. The van der Waals surface area contributed by atoms with Gasteiger partial charge in [-0.2, -0.15) is 0 Å². The molecule has 1 aliphatic carbocycles. The van der Waals surface area contributed by atoms with Gasteiger partial charge in [0.2, 0.25) is 0 Å². The molecule has 14 heavy (non-hydrogen) atoms. The summed E-state index contributed by atoms with van der Waals surface area (Å²) >= 11 is 0. The molecule has 2 rings (SSSR count). The van der Waals surface area contributed by atoms with Gasteiger partial charge in [0.1, 0.15) is 0 Å². The molecule has 4 nitrogen and oxygen atoms in total. The molecule has 1 atom stereocenters. The molecule has 1 aliphatic rings. The Kier molecular flexibility index (Phi) is 2.31. The van der Waals surface area contributed by atoms with Gasteiger partial charge in [-0.05, 0) is 18.3 Å². The Balaban J connectivity index is 1.83. The van der Waals surface area contributed by atoms with Crippen molar-refractivity contribution in [2.24, 2.45) is 12.5 Å². The van der Waals surface area contributed by atoms with Crippen molar-refractivity contribution in [2.75, 3.05) is 0 Å². The van der Waals surface area contributed by atoms with Crippen LogP contribution in [0.25, 0.3) is 0 Å². The highest BCUT2D eigenvalue weighted by Crippen LogP contribution is 2.39. The Morgan fingerprint density at radius 1 is 1.64 bits per heavy atom. The van der Waals surface area contributed by atoms with Crippen LogP contribution < -0.4 is 5.32 Å². The third-order valence-electron chi connectivity index (χ3n) is 3.20. The fourth-order valence-electron chi connectivity index (χ4n) is 1.95. The van der Waals surface area contributed by atoms with E-state index in [9.17, 15) is 0 Å². The minimum absolute atomic E-state index is 0.461. The number of aromatic nitrogens is 3. The van der Waals surface area contributed by atoms with E-state index in [4.69, 9.17) is 0 Å². The molecule has 0 radical (unpaired) electrons. The highest BCUT2D eigenvalue weighted by molar-refractivity contribution is 4.97. The largest absolute Gasteiger partial charge is 0.308 e. The van der Waals surface area contributed by atoms with Crippen LogP contribution in [0.4, 0.5) is 0 Å². The van der Waals surface area contributed by atoms with E-state index in [1.165, 1.54) is 12.8 Å². The maximum atomic E-state index is 4.04. The maximum Gasteiger partial charge on any atom is 0.0964 e. The number of aryl methyl sites for hydroxylation is 1. The van der Waals surface area contributed by atoms with Gasteiger partial charge in [0, 0.05) is 25.8 Å². The molecule has 4 heteroatoms. The summed E-state index contributed by atoms with van der Waals surface area (Å²) < 4.78 is 1.74. The zero-order valence-corrected chi connectivity index (χ0v) is 9.12. The molecule has 0 amide bonds. The van der Waals surface area contributed by atoms with Crippen LogP contribution in [0.1, 0.15) is 32.4 Å². The van der Waals surface area contributed by atoms with Gasteiger partial charge >= 0.3 is 0 Å². The van der Waals surface area contributed by atoms with E-state index >= 15 is 0 Å². The fourth-order valence-corrected chi connectivity index (χ4v) is 1.95. The van der Waals surface area contributed by atoms with Crippen LogP contribution in [0.15, 0.2) is 6.20 Å². The second kappa shape index (κ2) is 3.35. The van der Waals surface area contributed by atoms with Crippen LogP contribution in [-0.2, 0) is 13.6 Å². The molecule has 1 heterocycles. The molecule has 1 N–H and O–H groups in total. The van der Waals surface area contributed by atoms with Crippen LogP contribution in [-0.4, -0.2) is 21.0 Å². The first-order valence-corrected chi connectivity index (χ1v) is 5.16. The van der Waals surface area contributed by atoms with E-state index < -0.39 is 0 Å². The van der Waals surface area contributed by atoms with Crippen LogP contribution >= 0.6 is 0 Å². The first-order valence-electron chi connectivity index (χ1n) is 5.16. The summed E-state index contributed by atoms with van der Waals surface area (Å²) in [6.07, 6.45) is 4.57. The zero-order valence-electron chi connectivity index (χ0n) is 9.12. The standard InChI is InChI=1S/C10H18N4/c1-10(2)5-4-9(10)11-6-8-7-14(3)13-12-8/h7,9,11H,4-6H2,1-3H3. The molecule has 1 fully saturated rings. The Hall–Kier alpha value is -0.900. The second-order valence-corrected chi connectivity index (χ2v) is 4.84. The maximum absolute atomic E-state index is 4.04. The Morgan fingerprint density at radius 3 is 2.86 bits per heavy atom. The first kappa shape index (κ1) is 9.65. The molecule has 0 spiro atoms. The minimum atomic E-state index is 0.461. The molecule has 78 valence electrons. The molecule has 1 saturated carbocycles. The second-order valence-electron chi connectivity index (χ2n) is 4.84. The van der Waals surface area contributed by atoms with Gasteiger partial charge in [0.25, 0.3) is 0 Å². The lowest BCUT2D eigenvalue weighted by atomic mass is 9.67. The van der Waals surface area contributed by atoms with Crippen molar-refractivity contribution >= 4 is 0 Å². The first-order chi connectivity index (χ1) is 6.58. The molecular formula is C10H18N4. The molecular weight excluding hydrogens is 176 g/mol. The molecule has 0 aromatic carbocycles. The van der Waals surface area contributed by atoms with Crippen LogP contribution in [0.5, 0.6) is 0 Å². The van der Waals surface area contributed by atoms with Gasteiger partial charge in [0.05, 0.1) is 5.69 Å². The number of nitrogens with one attached hydrogen (secondary N) is 1. The van der Waals surface area contributed by atoms with Crippen molar-refractivity contribution in [1.29, 1.82) is 0 Å². The third kappa shape index (κ3) is 1.80. The van der Waals surface area contributed by atoms with Crippen molar-refractivity contribution in [3.63, 3.8) is 0 Å². The van der Waals surface area contributed by atoms with Gasteiger partial charge in [-0.1, -0.05) is 19.1 Å². The topological polar surface area (TPSA) is 42.7 Å². The molecule has 1 aromatic rings. The van der Waals surface area contributed by atoms with E-state index in [1.807, 2.05) is 13.2 Å². The number of nitrogens with zero attached hydrogens (tertiary/aromatic N) is 3. The van der Waals surface area contributed by atoms with Gasteiger partial charge in [0.15, 0.2) is 0 Å². The average molecular weight is 194 g/mol. The summed E-state index contributed by atoms with van der Waals surface area (Å²) in [6, 6.07) is 0.643. The molecule has 0 bridgehead atoms. The lowest BCUT2D eigenvalue weighted by Crippen LogP contribution is -2.49. The van der Waals surface area contributed by atoms with E-state index in [2.05, 4.69) is 29.5 Å². The van der Waals surface area contributed by atoms with E-state index in [0.29, 0.717) is 11.5 Å². The smallest absolute Gasteiger partial charge is 0.0964 e. The molecule has 1 unspecified atom stereocenters. The normalized spacial score (nSPS) is 24.6. The van der Waals surface area contributed by atoms with Crippen LogP contribution in [0.2, 0.25) is 0 Å². The van der Waals surface area contributed by atoms with Crippen molar-refractivity contribution in [3.8, 4) is 0 Å². The molecule has 0 saturated heterocycles. The zero-order chi connectivity index (χ0) is 10.2. The predicted octanol–water partition coefficient (Wildman–Crippen LogP) is 1.09. The van der Waals surface area contributed by atoms with Crippen LogP contribution in [0, 0.1) is 5.41 Å². The van der Waals surface area contributed by atoms with Gasteiger partial charge in [-0.25, -0.2) is 0 Å². The number of rotatable bonds is 3. The lowest BCUT2D eigenvalue weighted by Gasteiger charge is -2.45. The van der Waals surface area contributed by atoms with E-state index in [0.717, 1.165) is 12.2 Å². The number of hydrogen-bond donors (Lipinski definition) is 1. The Labute approximate surface area is 84.7 Å². The Morgan fingerprint density at radius 2 is 2.43 bits per heavy atom. The SMILES string of the molecule is Cn1cc(CNC2CCC2(C)C)nn1. The fraction of sp³-hybridized carbons (Fsp3) is 0.800. The number of hydrogen-bond acceptors (Lipinski definition) is 3. The monoisotopic (exact) mass is 194 g/mol. The van der Waals surface area contributed by atoms with E-state index in [1.54, 1.807) is 4.68 Å². The van der Waals surface area contributed by atoms with Gasteiger partial charge in [-0.3, -0.25) is 4.68 Å². The highest BCUT2D eigenvalue weighted by Gasteiger charge is 2.37. The highest BCUT2D eigenvalue weighted by atomic mass is 15.4. The van der Waals surface area contributed by atoms with Crippen molar-refractivity contribution in [1.82, 2.24) is 20.3 Å². The van der Waals surface area contributed by atoms with Gasteiger partial charge in [-0.15, -0.1) is 5.10 Å². The van der Waals surface area contributed by atoms with E-state index in [-0.39, 0.29) is 0 Å². The quantitative estimate of drug-likeness (QED) is 0.783. The third-order valence-corrected chi connectivity index (χ3v) is 3.20. The lowest BCUT2D eigenvalue weighted by molar-refractivity contribution is 0.107. The summed E-state index contributed by atoms with van der Waals surface area (Å²) in [5.41, 5.74) is 1.48. The Bertz CT molecular complexity index is 316. The minimum Gasteiger partial charge on any atom is -0.308 e. The predicted molar refractivity (Wildman–Crippen MR) is 54.6 cm³/mol. The average Bonchev–Trinajstić information content (AvgIpc) is 2.50. The van der Waals surface area contributed by atoms with Crippen LogP contribution in [0.3, 0.4) is 0 Å². The summed E-state index contributed by atoms with van der Waals surface area (Å²) in [7, 11) is 1.89. The summed E-state index contributed by atoms with van der Waals surface area (Å²) in [4.78, 5) is 0.